The van der Waals surface area contributed by atoms with Gasteiger partial charge in [0.05, 0.1) is 42.5 Å². The van der Waals surface area contributed by atoms with Crippen LogP contribution in [-0.2, 0) is 19.2 Å². The first kappa shape index (κ1) is 20.9. The Morgan fingerprint density at radius 1 is 1.00 bits per heavy atom. The number of hydrogen-bond donors (Lipinski definition) is 0. The summed E-state index contributed by atoms with van der Waals surface area (Å²) >= 11 is 0. The van der Waals surface area contributed by atoms with E-state index >= 15 is 0 Å². The molecule has 3 fully saturated rings. The fourth-order valence-electron chi connectivity index (χ4n) is 6.34. The average molecular weight is 460 g/mol. The van der Waals surface area contributed by atoms with Gasteiger partial charge in [-0.05, 0) is 67.8 Å². The number of methoxy groups -OCH3 is 1. The fourth-order valence-corrected chi connectivity index (χ4v) is 6.34. The number of nitrogens with zero attached hydrogens (tertiary/aromatic N) is 2. The van der Waals surface area contributed by atoms with E-state index in [1.54, 1.807) is 38.3 Å². The van der Waals surface area contributed by atoms with Crippen molar-refractivity contribution in [2.24, 2.45) is 34.7 Å². The standard InChI is InChI=1S/C26H24N2O6/c1-3-33-26(31)14-4-8-15(9-5-14)28-24(29)19-17-12-18(20(19)25(28)30)23-21(17)22(27-34-23)13-6-10-16(32-2)11-7-13/h4-11,17-21,23H,3,12H2,1-2H3/t17-,18-,19+,20-,21-,23-/m1/s1. The summed E-state index contributed by atoms with van der Waals surface area (Å²) in [4.78, 5) is 46.1. The van der Waals surface area contributed by atoms with E-state index in [9.17, 15) is 14.4 Å². The van der Waals surface area contributed by atoms with Crippen molar-refractivity contribution in [3.05, 3.63) is 59.7 Å². The molecule has 2 saturated carbocycles. The molecular weight excluding hydrogens is 436 g/mol. The number of anilines is 1. The highest BCUT2D eigenvalue weighted by atomic mass is 16.6. The molecule has 2 heterocycles. The third kappa shape index (κ3) is 2.84. The van der Waals surface area contributed by atoms with Crippen LogP contribution in [0.2, 0.25) is 0 Å². The predicted molar refractivity (Wildman–Crippen MR) is 121 cm³/mol. The number of carbonyl (C=O) groups excluding carboxylic acids is 3. The van der Waals surface area contributed by atoms with Crippen molar-refractivity contribution in [2.45, 2.75) is 19.4 Å². The molecule has 8 nitrogen and oxygen atoms in total. The summed E-state index contributed by atoms with van der Waals surface area (Å²) in [6, 6.07) is 14.1. The molecule has 174 valence electrons. The zero-order valence-corrected chi connectivity index (χ0v) is 18.8. The van der Waals surface area contributed by atoms with Crippen LogP contribution >= 0.6 is 0 Å². The Labute approximate surface area is 196 Å². The van der Waals surface area contributed by atoms with Gasteiger partial charge in [-0.2, -0.15) is 0 Å². The van der Waals surface area contributed by atoms with E-state index in [-0.39, 0.29) is 48.2 Å². The summed E-state index contributed by atoms with van der Waals surface area (Å²) < 4.78 is 10.3. The monoisotopic (exact) mass is 460 g/mol. The van der Waals surface area contributed by atoms with E-state index in [4.69, 9.17) is 14.3 Å². The molecule has 1 saturated heterocycles. The average Bonchev–Trinajstić information content (AvgIpc) is 3.60. The summed E-state index contributed by atoms with van der Waals surface area (Å²) in [5.74, 6) is -0.863. The van der Waals surface area contributed by atoms with Gasteiger partial charge in [-0.3, -0.25) is 14.5 Å². The van der Waals surface area contributed by atoms with Gasteiger partial charge in [0.15, 0.2) is 0 Å². The Kier molecular flexibility index (Phi) is 4.72. The van der Waals surface area contributed by atoms with Gasteiger partial charge in [-0.25, -0.2) is 4.79 Å². The van der Waals surface area contributed by atoms with Crippen molar-refractivity contribution in [2.75, 3.05) is 18.6 Å². The second-order valence-corrected chi connectivity index (χ2v) is 9.20. The molecule has 2 aliphatic carbocycles. The van der Waals surface area contributed by atoms with E-state index in [1.807, 2.05) is 24.3 Å². The van der Waals surface area contributed by atoms with Crippen LogP contribution in [0.5, 0.6) is 5.75 Å². The smallest absolute Gasteiger partial charge is 0.338 e. The highest BCUT2D eigenvalue weighted by Crippen LogP contribution is 2.62. The number of amides is 2. The van der Waals surface area contributed by atoms with Crippen LogP contribution in [0.3, 0.4) is 0 Å². The quantitative estimate of drug-likeness (QED) is 0.503. The first-order valence-electron chi connectivity index (χ1n) is 11.6. The zero-order valence-electron chi connectivity index (χ0n) is 18.8. The highest BCUT2D eigenvalue weighted by molar-refractivity contribution is 6.23. The van der Waals surface area contributed by atoms with E-state index in [0.29, 0.717) is 11.3 Å². The molecule has 2 bridgehead atoms. The summed E-state index contributed by atoms with van der Waals surface area (Å²) in [6.45, 7) is 2.02. The minimum absolute atomic E-state index is 0.00334. The second kappa shape index (κ2) is 7.68. The highest BCUT2D eigenvalue weighted by Gasteiger charge is 2.70. The molecule has 2 aromatic rings. The second-order valence-electron chi connectivity index (χ2n) is 9.20. The van der Waals surface area contributed by atoms with Crippen molar-refractivity contribution < 1.29 is 28.7 Å². The van der Waals surface area contributed by atoms with Gasteiger partial charge in [0.1, 0.15) is 11.9 Å². The molecule has 0 spiro atoms. The number of ether oxygens (including phenoxy) is 2. The minimum atomic E-state index is -0.432. The SMILES string of the molecule is CCOC(=O)c1ccc(N2C(=O)[C@@H]3[C@H]4C[C@@H]([C@@H]5C(c6ccc(OC)cc6)=NO[C@H]45)[C@@H]3C2=O)cc1. The van der Waals surface area contributed by atoms with Gasteiger partial charge >= 0.3 is 5.97 Å². The molecular formula is C26H24N2O6. The third-order valence-electron chi connectivity index (χ3n) is 7.71. The van der Waals surface area contributed by atoms with Gasteiger partial charge in [0.2, 0.25) is 11.8 Å². The van der Waals surface area contributed by atoms with Crippen LogP contribution in [0.4, 0.5) is 5.69 Å². The van der Waals surface area contributed by atoms with Crippen molar-refractivity contribution in [3.8, 4) is 5.75 Å². The molecule has 8 heteroatoms. The Morgan fingerprint density at radius 2 is 1.68 bits per heavy atom. The molecule has 6 atom stereocenters. The Morgan fingerprint density at radius 3 is 2.32 bits per heavy atom. The van der Waals surface area contributed by atoms with E-state index in [2.05, 4.69) is 5.16 Å². The van der Waals surface area contributed by atoms with E-state index in [0.717, 1.165) is 23.4 Å². The van der Waals surface area contributed by atoms with E-state index < -0.39 is 11.9 Å². The Bertz CT molecular complexity index is 1200. The van der Waals surface area contributed by atoms with Crippen LogP contribution < -0.4 is 9.64 Å². The topological polar surface area (TPSA) is 94.5 Å². The molecule has 34 heavy (non-hydrogen) atoms. The van der Waals surface area contributed by atoms with Gasteiger partial charge in [0.25, 0.3) is 0 Å². The number of esters is 1. The van der Waals surface area contributed by atoms with Crippen LogP contribution in [0.15, 0.2) is 53.7 Å². The molecule has 0 radical (unpaired) electrons. The number of rotatable bonds is 5. The number of benzene rings is 2. The largest absolute Gasteiger partial charge is 0.497 e. The molecule has 2 aliphatic heterocycles. The Hall–Kier alpha value is -3.68. The van der Waals surface area contributed by atoms with Gasteiger partial charge in [0, 0.05) is 17.4 Å². The molecule has 2 aromatic carbocycles. The van der Waals surface area contributed by atoms with Gasteiger partial charge in [-0.1, -0.05) is 5.16 Å². The van der Waals surface area contributed by atoms with E-state index in [1.165, 1.54) is 4.90 Å². The maximum atomic E-state index is 13.5. The normalized spacial score (nSPS) is 30.6. The summed E-state index contributed by atoms with van der Waals surface area (Å²) in [6.07, 6.45) is 0.596. The zero-order chi connectivity index (χ0) is 23.6. The molecule has 6 rings (SSSR count). The summed E-state index contributed by atoms with van der Waals surface area (Å²) in [5.41, 5.74) is 2.65. The predicted octanol–water partition coefficient (Wildman–Crippen LogP) is 3.05. The van der Waals surface area contributed by atoms with Crippen molar-refractivity contribution >= 4 is 29.2 Å². The maximum absolute atomic E-state index is 13.5. The van der Waals surface area contributed by atoms with Gasteiger partial charge in [-0.15, -0.1) is 0 Å². The first-order chi connectivity index (χ1) is 16.5. The summed E-state index contributed by atoms with van der Waals surface area (Å²) in [5, 5.41) is 4.38. The van der Waals surface area contributed by atoms with Crippen molar-refractivity contribution in [1.82, 2.24) is 0 Å². The molecule has 0 N–H and O–H groups in total. The number of hydrogen-bond acceptors (Lipinski definition) is 7. The van der Waals surface area contributed by atoms with Crippen LogP contribution in [0.1, 0.15) is 29.3 Å². The minimum Gasteiger partial charge on any atom is -0.497 e. The molecule has 0 unspecified atom stereocenters. The first-order valence-corrected chi connectivity index (χ1v) is 11.6. The molecule has 2 amide bonds. The van der Waals surface area contributed by atoms with Crippen LogP contribution in [0, 0.1) is 29.6 Å². The molecule has 0 aromatic heterocycles. The Balaban J connectivity index is 1.27. The van der Waals surface area contributed by atoms with Crippen LogP contribution in [0.25, 0.3) is 0 Å². The fraction of sp³-hybridized carbons (Fsp3) is 0.385. The van der Waals surface area contributed by atoms with Crippen LogP contribution in [-0.4, -0.2) is 43.3 Å². The number of fused-ring (bicyclic) bond motifs is 8. The lowest BCUT2D eigenvalue weighted by molar-refractivity contribution is -0.125. The lowest BCUT2D eigenvalue weighted by atomic mass is 9.71. The maximum Gasteiger partial charge on any atom is 0.338 e. The number of oxime groups is 1. The van der Waals surface area contributed by atoms with Crippen molar-refractivity contribution in [3.63, 3.8) is 0 Å². The van der Waals surface area contributed by atoms with Gasteiger partial charge < -0.3 is 14.3 Å². The lowest BCUT2D eigenvalue weighted by Gasteiger charge is -2.29. The third-order valence-corrected chi connectivity index (χ3v) is 7.71. The summed E-state index contributed by atoms with van der Waals surface area (Å²) in [7, 11) is 1.62. The van der Waals surface area contributed by atoms with Crippen molar-refractivity contribution in [1.29, 1.82) is 0 Å². The number of imide groups is 1. The molecule has 4 aliphatic rings. The number of carbonyl (C=O) groups is 3. The lowest BCUT2D eigenvalue weighted by Crippen LogP contribution is -2.41.